The zero-order chi connectivity index (χ0) is 14.0. The van der Waals surface area contributed by atoms with E-state index in [9.17, 15) is 4.79 Å². The molecule has 2 N–H and O–H groups in total. The van der Waals surface area contributed by atoms with Crippen LogP contribution >= 0.6 is 12.4 Å². The number of halogens is 1. The van der Waals surface area contributed by atoms with Crippen molar-refractivity contribution in [2.45, 2.75) is 77.0 Å². The first-order valence-electron chi connectivity index (χ1n) is 7.62. The quantitative estimate of drug-likeness (QED) is 0.870. The van der Waals surface area contributed by atoms with E-state index < -0.39 is 5.60 Å². The van der Waals surface area contributed by atoms with E-state index >= 15 is 0 Å². The van der Waals surface area contributed by atoms with E-state index in [2.05, 4.69) is 0 Å². The Morgan fingerprint density at radius 2 is 1.80 bits per heavy atom. The number of hydrogen-bond donors (Lipinski definition) is 1. The minimum atomic E-state index is -0.396. The maximum Gasteiger partial charge on any atom is 0.410 e. The average Bonchev–Trinajstić information content (AvgIpc) is 2.56. The van der Waals surface area contributed by atoms with E-state index in [0.717, 1.165) is 44.6 Å². The van der Waals surface area contributed by atoms with Gasteiger partial charge in [-0.15, -0.1) is 12.4 Å². The van der Waals surface area contributed by atoms with Gasteiger partial charge < -0.3 is 15.4 Å². The van der Waals surface area contributed by atoms with E-state index in [1.165, 1.54) is 6.42 Å². The molecule has 4 nitrogen and oxygen atoms in total. The van der Waals surface area contributed by atoms with Crippen LogP contribution in [0.15, 0.2) is 0 Å². The minimum absolute atomic E-state index is 0. The standard InChI is InChI=1S/C15H28N2O2.ClH/c1-15(2,3)19-14(18)17-12-6-7-13(17)10-11(9-12)5-4-8-16;/h11-13H,4-10,16H2,1-3H3;1H. The van der Waals surface area contributed by atoms with Crippen molar-refractivity contribution in [1.82, 2.24) is 4.90 Å². The number of nitrogens with zero attached hydrogens (tertiary/aromatic N) is 1. The van der Waals surface area contributed by atoms with E-state index in [4.69, 9.17) is 10.5 Å². The topological polar surface area (TPSA) is 55.6 Å². The second-order valence-electron chi connectivity index (χ2n) is 7.04. The van der Waals surface area contributed by atoms with Crippen LogP contribution in [0.4, 0.5) is 4.79 Å². The van der Waals surface area contributed by atoms with Gasteiger partial charge in [-0.25, -0.2) is 4.79 Å². The second kappa shape index (κ2) is 6.99. The Balaban J connectivity index is 0.00000200. The summed E-state index contributed by atoms with van der Waals surface area (Å²) in [6.45, 7) is 6.57. The number of rotatable bonds is 3. The van der Waals surface area contributed by atoms with Crippen LogP contribution < -0.4 is 5.73 Å². The summed E-state index contributed by atoms with van der Waals surface area (Å²) < 4.78 is 5.54. The van der Waals surface area contributed by atoms with E-state index in [-0.39, 0.29) is 18.5 Å². The Morgan fingerprint density at radius 1 is 1.25 bits per heavy atom. The molecule has 0 aromatic carbocycles. The van der Waals surface area contributed by atoms with Crippen molar-refractivity contribution in [3.8, 4) is 0 Å². The molecule has 2 aliphatic heterocycles. The normalized spacial score (nSPS) is 29.0. The summed E-state index contributed by atoms with van der Waals surface area (Å²) in [7, 11) is 0. The van der Waals surface area contributed by atoms with Crippen molar-refractivity contribution in [3.05, 3.63) is 0 Å². The third kappa shape index (κ3) is 4.26. The van der Waals surface area contributed by atoms with Crippen molar-refractivity contribution in [2.75, 3.05) is 6.54 Å². The molecule has 0 spiro atoms. The summed E-state index contributed by atoms with van der Waals surface area (Å²) in [6.07, 6.45) is 6.76. The highest BCUT2D eigenvalue weighted by molar-refractivity contribution is 5.85. The number of carbonyl (C=O) groups is 1. The zero-order valence-electron chi connectivity index (χ0n) is 12.9. The molecule has 2 bridgehead atoms. The molecule has 0 radical (unpaired) electrons. The van der Waals surface area contributed by atoms with Gasteiger partial charge >= 0.3 is 6.09 Å². The molecule has 0 aliphatic carbocycles. The highest BCUT2D eigenvalue weighted by Gasteiger charge is 2.44. The molecule has 2 heterocycles. The van der Waals surface area contributed by atoms with E-state index in [1.54, 1.807) is 0 Å². The van der Waals surface area contributed by atoms with Crippen molar-refractivity contribution in [1.29, 1.82) is 0 Å². The van der Waals surface area contributed by atoms with Crippen molar-refractivity contribution in [3.63, 3.8) is 0 Å². The smallest absolute Gasteiger partial charge is 0.410 e. The molecule has 20 heavy (non-hydrogen) atoms. The first-order valence-corrected chi connectivity index (χ1v) is 7.62. The highest BCUT2D eigenvalue weighted by Crippen LogP contribution is 2.40. The summed E-state index contributed by atoms with van der Waals surface area (Å²) in [5.41, 5.74) is 5.20. The summed E-state index contributed by atoms with van der Waals surface area (Å²) >= 11 is 0. The Kier molecular flexibility index (Phi) is 6.14. The van der Waals surface area contributed by atoms with Crippen LogP contribution in [0.2, 0.25) is 0 Å². The fraction of sp³-hybridized carbons (Fsp3) is 0.933. The van der Waals surface area contributed by atoms with Crippen LogP contribution in [0.5, 0.6) is 0 Å². The fourth-order valence-electron chi connectivity index (χ4n) is 3.54. The lowest BCUT2D eigenvalue weighted by Crippen LogP contribution is -2.48. The molecule has 2 rings (SSSR count). The number of carbonyl (C=O) groups excluding carboxylic acids is 1. The van der Waals surface area contributed by atoms with Gasteiger partial charge in [-0.3, -0.25) is 0 Å². The number of nitrogens with two attached hydrogens (primary N) is 1. The molecule has 118 valence electrons. The summed E-state index contributed by atoms with van der Waals surface area (Å²) in [5, 5.41) is 0. The summed E-state index contributed by atoms with van der Waals surface area (Å²) in [6, 6.07) is 0.799. The predicted molar refractivity (Wildman–Crippen MR) is 83.1 cm³/mol. The average molecular weight is 305 g/mol. The molecule has 0 aromatic rings. The molecule has 2 fully saturated rings. The molecule has 2 unspecified atom stereocenters. The van der Waals surface area contributed by atoms with Crippen LogP contribution in [-0.2, 0) is 4.74 Å². The minimum Gasteiger partial charge on any atom is -0.444 e. The third-order valence-electron chi connectivity index (χ3n) is 4.25. The molecule has 0 saturated carbocycles. The Labute approximate surface area is 128 Å². The maximum atomic E-state index is 12.3. The lowest BCUT2D eigenvalue weighted by atomic mass is 9.87. The maximum absolute atomic E-state index is 12.3. The van der Waals surface area contributed by atoms with Crippen molar-refractivity contribution in [2.24, 2.45) is 11.7 Å². The monoisotopic (exact) mass is 304 g/mol. The molecule has 2 saturated heterocycles. The first kappa shape index (κ1) is 17.6. The van der Waals surface area contributed by atoms with Gasteiger partial charge in [0.1, 0.15) is 5.60 Å². The molecule has 2 aliphatic rings. The number of amides is 1. The van der Waals surface area contributed by atoms with Gasteiger partial charge in [0, 0.05) is 12.1 Å². The Hall–Kier alpha value is -0.480. The predicted octanol–water partition coefficient (Wildman–Crippen LogP) is 3.33. The number of hydrogen-bond acceptors (Lipinski definition) is 3. The van der Waals surface area contributed by atoms with Crippen molar-refractivity contribution < 1.29 is 9.53 Å². The molecular weight excluding hydrogens is 276 g/mol. The van der Waals surface area contributed by atoms with Gasteiger partial charge in [-0.1, -0.05) is 0 Å². The van der Waals surface area contributed by atoms with Gasteiger partial charge in [0.2, 0.25) is 0 Å². The third-order valence-corrected chi connectivity index (χ3v) is 4.25. The molecule has 0 aromatic heterocycles. The molecule has 1 amide bonds. The second-order valence-corrected chi connectivity index (χ2v) is 7.04. The largest absolute Gasteiger partial charge is 0.444 e. The van der Waals surface area contributed by atoms with Crippen molar-refractivity contribution >= 4 is 18.5 Å². The lowest BCUT2D eigenvalue weighted by Gasteiger charge is -2.39. The highest BCUT2D eigenvalue weighted by atomic mass is 35.5. The zero-order valence-corrected chi connectivity index (χ0v) is 13.7. The van der Waals surface area contributed by atoms with Crippen LogP contribution in [0.3, 0.4) is 0 Å². The van der Waals surface area contributed by atoms with Gasteiger partial charge in [0.25, 0.3) is 0 Å². The first-order chi connectivity index (χ1) is 8.90. The van der Waals surface area contributed by atoms with Crippen LogP contribution in [0.25, 0.3) is 0 Å². The fourth-order valence-corrected chi connectivity index (χ4v) is 3.54. The number of piperidine rings is 1. The SMILES string of the molecule is CC(C)(C)OC(=O)N1C2CCC1CC(CCCN)C2.Cl. The summed E-state index contributed by atoms with van der Waals surface area (Å²) in [5.74, 6) is 0.750. The number of ether oxygens (including phenoxy) is 1. The van der Waals surface area contributed by atoms with Gasteiger partial charge in [-0.2, -0.15) is 0 Å². The van der Waals surface area contributed by atoms with E-state index in [0.29, 0.717) is 12.1 Å². The lowest BCUT2D eigenvalue weighted by molar-refractivity contribution is 0.00157. The Morgan fingerprint density at radius 3 is 2.25 bits per heavy atom. The van der Waals surface area contributed by atoms with Crippen LogP contribution in [0.1, 0.15) is 59.3 Å². The van der Waals surface area contributed by atoms with E-state index in [1.807, 2.05) is 25.7 Å². The van der Waals surface area contributed by atoms with Gasteiger partial charge in [-0.05, 0) is 71.8 Å². The summed E-state index contributed by atoms with van der Waals surface area (Å²) in [4.78, 5) is 14.3. The van der Waals surface area contributed by atoms with Gasteiger partial charge in [0.05, 0.1) is 0 Å². The number of fused-ring (bicyclic) bond motifs is 2. The Bertz CT molecular complexity index is 316. The van der Waals surface area contributed by atoms with Gasteiger partial charge in [0.15, 0.2) is 0 Å². The molecule has 5 heteroatoms. The molecule has 2 atom stereocenters. The molecular formula is C15H29ClN2O2. The van der Waals surface area contributed by atoms with Crippen LogP contribution in [-0.4, -0.2) is 35.2 Å². The van der Waals surface area contributed by atoms with Crippen LogP contribution in [0, 0.1) is 5.92 Å².